The first-order chi connectivity index (χ1) is 16.1. The second-order valence-corrected chi connectivity index (χ2v) is 8.28. The molecule has 2 fully saturated rings. The van der Waals surface area contributed by atoms with Crippen molar-refractivity contribution >= 4 is 23.6 Å². The lowest BCUT2D eigenvalue weighted by Crippen LogP contribution is -2.53. The SMILES string of the molecule is CCOC(=O)c1ccc(N2CCCN(C(=O)C3CCCCN3C(=O)c3ccco3)CC2)nc1. The number of aromatic nitrogens is 1. The standard InChI is InChI=1S/C24H30N4O5/c1-2-32-24(31)18-9-10-21(25-17-18)26-11-6-12-27(15-14-26)22(29)19-7-3-4-13-28(19)23(30)20-8-5-16-33-20/h5,8-10,16-17,19H,2-4,6-7,11-15H2,1H3. The van der Waals surface area contributed by atoms with E-state index in [2.05, 4.69) is 9.88 Å². The smallest absolute Gasteiger partial charge is 0.339 e. The lowest BCUT2D eigenvalue weighted by molar-refractivity contribution is -0.137. The highest BCUT2D eigenvalue weighted by Crippen LogP contribution is 2.23. The summed E-state index contributed by atoms with van der Waals surface area (Å²) in [6, 6.07) is 6.40. The van der Waals surface area contributed by atoms with Crippen molar-refractivity contribution in [2.45, 2.75) is 38.6 Å². The molecular weight excluding hydrogens is 424 g/mol. The van der Waals surface area contributed by atoms with E-state index in [4.69, 9.17) is 9.15 Å². The summed E-state index contributed by atoms with van der Waals surface area (Å²) in [5.41, 5.74) is 0.422. The van der Waals surface area contributed by atoms with Gasteiger partial charge in [0.2, 0.25) is 5.91 Å². The van der Waals surface area contributed by atoms with Crippen molar-refractivity contribution in [3.63, 3.8) is 0 Å². The summed E-state index contributed by atoms with van der Waals surface area (Å²) in [7, 11) is 0. The summed E-state index contributed by atoms with van der Waals surface area (Å²) >= 11 is 0. The third-order valence-electron chi connectivity index (χ3n) is 6.17. The van der Waals surface area contributed by atoms with Crippen LogP contribution in [0.15, 0.2) is 41.1 Å². The van der Waals surface area contributed by atoms with Gasteiger partial charge in [-0.05, 0) is 56.9 Å². The number of furan rings is 1. The highest BCUT2D eigenvalue weighted by atomic mass is 16.5. The Kier molecular flexibility index (Phi) is 7.26. The second-order valence-electron chi connectivity index (χ2n) is 8.28. The van der Waals surface area contributed by atoms with Crippen molar-refractivity contribution in [1.29, 1.82) is 0 Å². The molecule has 1 atom stereocenters. The summed E-state index contributed by atoms with van der Waals surface area (Å²) in [5, 5.41) is 0. The number of carbonyl (C=O) groups is 3. The number of esters is 1. The summed E-state index contributed by atoms with van der Waals surface area (Å²) in [6.07, 6.45) is 6.28. The van der Waals surface area contributed by atoms with Crippen LogP contribution in [0.3, 0.4) is 0 Å². The molecule has 9 nitrogen and oxygen atoms in total. The molecule has 0 aromatic carbocycles. The fraction of sp³-hybridized carbons (Fsp3) is 0.500. The number of ether oxygens (including phenoxy) is 1. The van der Waals surface area contributed by atoms with Gasteiger partial charge in [0, 0.05) is 38.9 Å². The molecule has 1 unspecified atom stereocenters. The predicted molar refractivity (Wildman–Crippen MR) is 121 cm³/mol. The molecule has 2 aliphatic rings. The van der Waals surface area contributed by atoms with Crippen molar-refractivity contribution in [3.05, 3.63) is 48.0 Å². The summed E-state index contributed by atoms with van der Waals surface area (Å²) in [5.74, 6) is 0.437. The maximum Gasteiger partial charge on any atom is 0.339 e. The average Bonchev–Trinajstić information content (AvgIpc) is 3.28. The fourth-order valence-electron chi connectivity index (χ4n) is 4.46. The Labute approximate surface area is 193 Å². The maximum atomic E-state index is 13.4. The van der Waals surface area contributed by atoms with Gasteiger partial charge in [0.25, 0.3) is 5.91 Å². The number of nitrogens with zero attached hydrogens (tertiary/aromatic N) is 4. The van der Waals surface area contributed by atoms with Gasteiger partial charge in [-0.3, -0.25) is 9.59 Å². The van der Waals surface area contributed by atoms with E-state index in [1.807, 2.05) is 11.0 Å². The Morgan fingerprint density at radius 2 is 1.94 bits per heavy atom. The molecule has 176 valence electrons. The van der Waals surface area contributed by atoms with Crippen LogP contribution < -0.4 is 4.90 Å². The van der Waals surface area contributed by atoms with Crippen LogP contribution in [-0.2, 0) is 9.53 Å². The fourth-order valence-corrected chi connectivity index (χ4v) is 4.46. The molecule has 2 aromatic rings. The topological polar surface area (TPSA) is 96.2 Å². The third-order valence-corrected chi connectivity index (χ3v) is 6.17. The Morgan fingerprint density at radius 3 is 2.67 bits per heavy atom. The Balaban J connectivity index is 1.40. The van der Waals surface area contributed by atoms with E-state index in [9.17, 15) is 14.4 Å². The predicted octanol–water partition coefficient (Wildman–Crippen LogP) is 2.58. The normalized spacial score (nSPS) is 19.2. The van der Waals surface area contributed by atoms with Crippen molar-refractivity contribution < 1.29 is 23.5 Å². The van der Waals surface area contributed by atoms with Gasteiger partial charge in [-0.15, -0.1) is 0 Å². The van der Waals surface area contributed by atoms with Gasteiger partial charge < -0.3 is 23.9 Å². The molecule has 9 heteroatoms. The highest BCUT2D eigenvalue weighted by Gasteiger charge is 2.36. The minimum atomic E-state index is -0.454. The first-order valence-electron chi connectivity index (χ1n) is 11.6. The van der Waals surface area contributed by atoms with Gasteiger partial charge in [-0.2, -0.15) is 0 Å². The van der Waals surface area contributed by atoms with Gasteiger partial charge in [0.15, 0.2) is 5.76 Å². The van der Waals surface area contributed by atoms with E-state index in [1.54, 1.807) is 30.0 Å². The zero-order valence-electron chi connectivity index (χ0n) is 18.9. The Bertz CT molecular complexity index is 960. The quantitative estimate of drug-likeness (QED) is 0.641. The zero-order valence-corrected chi connectivity index (χ0v) is 18.9. The van der Waals surface area contributed by atoms with E-state index in [1.165, 1.54) is 12.5 Å². The van der Waals surface area contributed by atoms with Crippen LogP contribution in [0.25, 0.3) is 0 Å². The van der Waals surface area contributed by atoms with Crippen LogP contribution in [0.5, 0.6) is 0 Å². The van der Waals surface area contributed by atoms with Crippen LogP contribution in [0.4, 0.5) is 5.82 Å². The van der Waals surface area contributed by atoms with E-state index < -0.39 is 6.04 Å². The summed E-state index contributed by atoms with van der Waals surface area (Å²) in [6.45, 7) is 5.23. The van der Waals surface area contributed by atoms with Gasteiger partial charge in [-0.25, -0.2) is 9.78 Å². The molecule has 0 radical (unpaired) electrons. The lowest BCUT2D eigenvalue weighted by atomic mass is 10.00. The van der Waals surface area contributed by atoms with Crippen LogP contribution in [-0.4, -0.2) is 77.9 Å². The average molecular weight is 455 g/mol. The molecule has 0 saturated carbocycles. The summed E-state index contributed by atoms with van der Waals surface area (Å²) < 4.78 is 10.3. The van der Waals surface area contributed by atoms with Crippen molar-refractivity contribution in [3.8, 4) is 0 Å². The molecule has 2 amide bonds. The largest absolute Gasteiger partial charge is 0.462 e. The monoisotopic (exact) mass is 454 g/mol. The number of likely N-dealkylation sites (tertiary alicyclic amines) is 1. The molecule has 0 aliphatic carbocycles. The first-order valence-corrected chi connectivity index (χ1v) is 11.6. The van der Waals surface area contributed by atoms with Crippen molar-refractivity contribution in [1.82, 2.24) is 14.8 Å². The molecule has 33 heavy (non-hydrogen) atoms. The van der Waals surface area contributed by atoms with Crippen molar-refractivity contribution in [2.75, 3.05) is 44.2 Å². The molecule has 4 heterocycles. The van der Waals surface area contributed by atoms with Crippen LogP contribution >= 0.6 is 0 Å². The molecular formula is C24H30N4O5. The van der Waals surface area contributed by atoms with Crippen molar-refractivity contribution in [2.24, 2.45) is 0 Å². The second kappa shape index (κ2) is 10.5. The van der Waals surface area contributed by atoms with E-state index in [0.29, 0.717) is 44.8 Å². The van der Waals surface area contributed by atoms with Gasteiger partial charge in [0.05, 0.1) is 18.4 Å². The van der Waals surface area contributed by atoms with Crippen LogP contribution in [0.2, 0.25) is 0 Å². The molecule has 2 aliphatic heterocycles. The molecule has 2 aromatic heterocycles. The van der Waals surface area contributed by atoms with Crippen LogP contribution in [0, 0.1) is 0 Å². The van der Waals surface area contributed by atoms with E-state index >= 15 is 0 Å². The zero-order chi connectivity index (χ0) is 23.2. The molecule has 0 spiro atoms. The lowest BCUT2D eigenvalue weighted by Gasteiger charge is -2.37. The number of piperidine rings is 1. The number of anilines is 1. The number of pyridine rings is 1. The minimum absolute atomic E-state index is 0.00192. The number of carbonyl (C=O) groups excluding carboxylic acids is 3. The summed E-state index contributed by atoms with van der Waals surface area (Å²) in [4.78, 5) is 48.3. The van der Waals surface area contributed by atoms with E-state index in [0.717, 1.165) is 31.6 Å². The first kappa shape index (κ1) is 22.8. The van der Waals surface area contributed by atoms with Gasteiger partial charge in [-0.1, -0.05) is 0 Å². The van der Waals surface area contributed by atoms with Crippen LogP contribution in [0.1, 0.15) is 53.5 Å². The number of rotatable bonds is 5. The number of hydrogen-bond donors (Lipinski definition) is 0. The molecule has 2 saturated heterocycles. The Hall–Kier alpha value is -3.36. The third kappa shape index (κ3) is 5.18. The molecule has 4 rings (SSSR count). The van der Waals surface area contributed by atoms with Gasteiger partial charge in [0.1, 0.15) is 11.9 Å². The highest BCUT2D eigenvalue weighted by molar-refractivity contribution is 5.95. The van der Waals surface area contributed by atoms with E-state index in [-0.39, 0.29) is 23.5 Å². The maximum absolute atomic E-state index is 13.4. The number of hydrogen-bond acceptors (Lipinski definition) is 7. The minimum Gasteiger partial charge on any atom is -0.462 e. The number of amides is 2. The van der Waals surface area contributed by atoms with Gasteiger partial charge >= 0.3 is 5.97 Å². The Morgan fingerprint density at radius 1 is 1.06 bits per heavy atom. The molecule has 0 bridgehead atoms. The molecule has 0 N–H and O–H groups in total.